The minimum atomic E-state index is -0.177. The van der Waals surface area contributed by atoms with Gasteiger partial charge in [0.15, 0.2) is 0 Å². The summed E-state index contributed by atoms with van der Waals surface area (Å²) in [6.07, 6.45) is 0. The van der Waals surface area contributed by atoms with Crippen molar-refractivity contribution in [1.29, 1.82) is 0 Å². The van der Waals surface area contributed by atoms with E-state index in [0.717, 1.165) is 0 Å². The molecule has 124 valence electrons. The zero-order valence-corrected chi connectivity index (χ0v) is 14.6. The number of carbonyl (C=O) groups is 1. The maximum absolute atomic E-state index is 12.5. The summed E-state index contributed by atoms with van der Waals surface area (Å²) in [5.41, 5.74) is 0.468. The van der Waals surface area contributed by atoms with E-state index in [4.69, 9.17) is 9.47 Å². The van der Waals surface area contributed by atoms with Crippen LogP contribution in [0.4, 0.5) is 0 Å². The Kier molecular flexibility index (Phi) is 6.01. The first-order valence-electron chi connectivity index (χ1n) is 7.27. The van der Waals surface area contributed by atoms with Crippen molar-refractivity contribution in [2.24, 2.45) is 0 Å². The molecule has 0 spiro atoms. The first-order chi connectivity index (χ1) is 11.1. The van der Waals surface area contributed by atoms with Gasteiger partial charge in [-0.15, -0.1) is 11.3 Å². The summed E-state index contributed by atoms with van der Waals surface area (Å²) < 4.78 is 10.5. The second-order valence-electron chi connectivity index (χ2n) is 5.27. The van der Waals surface area contributed by atoms with Gasteiger partial charge in [0.1, 0.15) is 11.5 Å². The van der Waals surface area contributed by atoms with Gasteiger partial charge in [-0.25, -0.2) is 0 Å². The van der Waals surface area contributed by atoms with E-state index >= 15 is 0 Å². The Morgan fingerprint density at radius 1 is 1.26 bits per heavy atom. The van der Waals surface area contributed by atoms with E-state index in [1.165, 1.54) is 4.88 Å². The second kappa shape index (κ2) is 7.99. The fourth-order valence-corrected chi connectivity index (χ4v) is 3.22. The third-order valence-electron chi connectivity index (χ3n) is 3.60. The standard InChI is InChI=1S/C17H22N2O3S/c1-19(2)14(16-6-5-9-23-16)11-18-17(20)13-10-12(21-3)7-8-15(13)22-4/h5-10,14H,11H2,1-4H3,(H,18,20). The van der Waals surface area contributed by atoms with Crippen LogP contribution in [0, 0.1) is 0 Å². The molecule has 1 unspecified atom stereocenters. The Morgan fingerprint density at radius 2 is 2.04 bits per heavy atom. The third kappa shape index (κ3) is 4.24. The largest absolute Gasteiger partial charge is 0.497 e. The minimum absolute atomic E-state index is 0.135. The molecule has 0 radical (unpaired) electrons. The maximum atomic E-state index is 12.5. The summed E-state index contributed by atoms with van der Waals surface area (Å²) in [6, 6.07) is 9.41. The van der Waals surface area contributed by atoms with Crippen LogP contribution < -0.4 is 14.8 Å². The Balaban J connectivity index is 2.12. The van der Waals surface area contributed by atoms with Crippen LogP contribution >= 0.6 is 11.3 Å². The van der Waals surface area contributed by atoms with Gasteiger partial charge in [-0.05, 0) is 43.7 Å². The topological polar surface area (TPSA) is 50.8 Å². The zero-order valence-electron chi connectivity index (χ0n) is 13.8. The van der Waals surface area contributed by atoms with Crippen molar-refractivity contribution in [3.63, 3.8) is 0 Å². The van der Waals surface area contributed by atoms with E-state index in [0.29, 0.717) is 23.6 Å². The fourth-order valence-electron chi connectivity index (χ4n) is 2.29. The van der Waals surface area contributed by atoms with Gasteiger partial charge in [-0.2, -0.15) is 0 Å². The average Bonchev–Trinajstić information content (AvgIpc) is 3.08. The summed E-state index contributed by atoms with van der Waals surface area (Å²) >= 11 is 1.68. The highest BCUT2D eigenvalue weighted by atomic mass is 32.1. The van der Waals surface area contributed by atoms with E-state index in [1.54, 1.807) is 43.8 Å². The number of thiophene rings is 1. The Morgan fingerprint density at radius 3 is 2.61 bits per heavy atom. The number of likely N-dealkylation sites (N-methyl/N-ethyl adjacent to an activating group) is 1. The Bertz CT molecular complexity index is 641. The molecule has 0 aliphatic carbocycles. The van der Waals surface area contributed by atoms with Crippen LogP contribution in [-0.2, 0) is 0 Å². The highest BCUT2D eigenvalue weighted by Gasteiger charge is 2.19. The lowest BCUT2D eigenvalue weighted by Gasteiger charge is -2.23. The van der Waals surface area contributed by atoms with E-state index in [2.05, 4.69) is 16.3 Å². The number of nitrogens with one attached hydrogen (secondary N) is 1. The molecule has 2 aromatic rings. The molecule has 0 bridgehead atoms. The SMILES string of the molecule is COc1ccc(OC)c(C(=O)NCC(c2cccs2)N(C)C)c1. The lowest BCUT2D eigenvalue weighted by molar-refractivity contribution is 0.0939. The first kappa shape index (κ1) is 17.3. The van der Waals surface area contributed by atoms with Crippen LogP contribution in [0.15, 0.2) is 35.7 Å². The van der Waals surface area contributed by atoms with E-state index < -0.39 is 0 Å². The molecule has 6 heteroatoms. The summed E-state index contributed by atoms with van der Waals surface area (Å²) in [6.45, 7) is 0.521. The number of hydrogen-bond donors (Lipinski definition) is 1. The van der Waals surface area contributed by atoms with Crippen LogP contribution in [0.3, 0.4) is 0 Å². The maximum Gasteiger partial charge on any atom is 0.255 e. The number of nitrogens with zero attached hydrogens (tertiary/aromatic N) is 1. The van der Waals surface area contributed by atoms with Gasteiger partial charge in [0.05, 0.1) is 25.8 Å². The molecular weight excluding hydrogens is 312 g/mol. The monoisotopic (exact) mass is 334 g/mol. The molecular formula is C17H22N2O3S. The van der Waals surface area contributed by atoms with Crippen LogP contribution in [-0.4, -0.2) is 45.7 Å². The van der Waals surface area contributed by atoms with Crippen molar-refractivity contribution in [3.05, 3.63) is 46.2 Å². The fraction of sp³-hybridized carbons (Fsp3) is 0.353. The Labute approximate surface area is 140 Å². The van der Waals surface area contributed by atoms with E-state index in [1.807, 2.05) is 25.5 Å². The average molecular weight is 334 g/mol. The van der Waals surface area contributed by atoms with E-state index in [9.17, 15) is 4.79 Å². The molecule has 1 heterocycles. The highest BCUT2D eigenvalue weighted by Crippen LogP contribution is 2.25. The zero-order chi connectivity index (χ0) is 16.8. The predicted octanol–water partition coefficient (Wildman–Crippen LogP) is 2.80. The smallest absolute Gasteiger partial charge is 0.255 e. The molecule has 23 heavy (non-hydrogen) atoms. The molecule has 1 aromatic carbocycles. The van der Waals surface area contributed by atoms with Crippen molar-refractivity contribution in [2.45, 2.75) is 6.04 Å². The molecule has 1 atom stereocenters. The van der Waals surface area contributed by atoms with Crippen molar-refractivity contribution < 1.29 is 14.3 Å². The molecule has 0 aliphatic heterocycles. The quantitative estimate of drug-likeness (QED) is 0.846. The molecule has 1 aromatic heterocycles. The number of carbonyl (C=O) groups excluding carboxylic acids is 1. The number of hydrogen-bond acceptors (Lipinski definition) is 5. The lowest BCUT2D eigenvalue weighted by Crippen LogP contribution is -2.34. The third-order valence-corrected chi connectivity index (χ3v) is 4.58. The molecule has 0 saturated heterocycles. The molecule has 0 saturated carbocycles. The summed E-state index contributed by atoms with van der Waals surface area (Å²) in [7, 11) is 7.13. The number of benzene rings is 1. The van der Waals surface area contributed by atoms with Crippen molar-refractivity contribution in [3.8, 4) is 11.5 Å². The van der Waals surface area contributed by atoms with E-state index in [-0.39, 0.29) is 11.9 Å². The van der Waals surface area contributed by atoms with Gasteiger partial charge >= 0.3 is 0 Å². The minimum Gasteiger partial charge on any atom is -0.497 e. The number of rotatable bonds is 7. The molecule has 0 aliphatic rings. The second-order valence-corrected chi connectivity index (χ2v) is 6.25. The van der Waals surface area contributed by atoms with Gasteiger partial charge in [0, 0.05) is 11.4 Å². The summed E-state index contributed by atoms with van der Waals surface area (Å²) in [5, 5.41) is 5.03. The molecule has 2 rings (SSSR count). The Hall–Kier alpha value is -2.05. The number of ether oxygens (including phenoxy) is 2. The van der Waals surface area contributed by atoms with Crippen LogP contribution in [0.25, 0.3) is 0 Å². The van der Waals surface area contributed by atoms with Crippen molar-refractivity contribution in [2.75, 3.05) is 34.9 Å². The van der Waals surface area contributed by atoms with Crippen LogP contribution in [0.2, 0.25) is 0 Å². The lowest BCUT2D eigenvalue weighted by atomic mass is 10.1. The van der Waals surface area contributed by atoms with Crippen molar-refractivity contribution >= 4 is 17.2 Å². The normalized spacial score (nSPS) is 12.0. The summed E-state index contributed by atoms with van der Waals surface area (Å²) in [4.78, 5) is 15.8. The molecule has 0 fully saturated rings. The van der Waals surface area contributed by atoms with Gasteiger partial charge in [0.2, 0.25) is 0 Å². The summed E-state index contributed by atoms with van der Waals surface area (Å²) in [5.74, 6) is 0.975. The number of amides is 1. The van der Waals surface area contributed by atoms with Gasteiger partial charge in [0.25, 0.3) is 5.91 Å². The van der Waals surface area contributed by atoms with Gasteiger partial charge in [-0.3, -0.25) is 4.79 Å². The molecule has 1 amide bonds. The van der Waals surface area contributed by atoms with Crippen LogP contribution in [0.5, 0.6) is 11.5 Å². The molecule has 1 N–H and O–H groups in total. The van der Waals surface area contributed by atoms with Gasteiger partial charge in [-0.1, -0.05) is 6.07 Å². The number of methoxy groups -OCH3 is 2. The predicted molar refractivity (Wildman–Crippen MR) is 92.6 cm³/mol. The van der Waals surface area contributed by atoms with Crippen LogP contribution in [0.1, 0.15) is 21.3 Å². The van der Waals surface area contributed by atoms with Crippen molar-refractivity contribution in [1.82, 2.24) is 10.2 Å². The first-order valence-corrected chi connectivity index (χ1v) is 8.14. The highest BCUT2D eigenvalue weighted by molar-refractivity contribution is 7.10. The van der Waals surface area contributed by atoms with Gasteiger partial charge < -0.3 is 19.7 Å². The molecule has 5 nitrogen and oxygen atoms in total.